The fourth-order valence-corrected chi connectivity index (χ4v) is 2.15. The van der Waals surface area contributed by atoms with Crippen molar-refractivity contribution >= 4 is 11.7 Å². The zero-order valence-electron chi connectivity index (χ0n) is 13.1. The molecule has 1 aliphatic rings. The molecule has 0 amide bonds. The van der Waals surface area contributed by atoms with Crippen molar-refractivity contribution in [1.29, 1.82) is 0 Å². The molecule has 1 aromatic rings. The molecule has 5 heteroatoms. The van der Waals surface area contributed by atoms with Crippen LogP contribution in [0.15, 0.2) is 70.3 Å². The normalized spacial score (nSPS) is 17.2. The number of benzene rings is 1. The number of aliphatic carboxylic acids is 1. The van der Waals surface area contributed by atoms with Crippen molar-refractivity contribution in [2.45, 2.75) is 26.7 Å². The summed E-state index contributed by atoms with van der Waals surface area (Å²) in [5, 5.41) is 18.8. The average molecular weight is 313 g/mol. The fourth-order valence-electron chi connectivity index (χ4n) is 2.15. The number of carboxylic acid groups (broad SMARTS) is 1. The minimum Gasteiger partial charge on any atom is -0.509 e. The standard InChI is InChI=1S/C18H19NO4/c1-3-7-15(23-14-8-5-4-6-9-14)10-13-11-16(20)17(18(21)22)19-12(13)2/h4-10,20H,3,11H2,1-2H3,(H,21,22)/b13-10+,15-7+. The van der Waals surface area contributed by atoms with Crippen LogP contribution in [-0.4, -0.2) is 21.9 Å². The van der Waals surface area contributed by atoms with Crippen LogP contribution in [-0.2, 0) is 4.79 Å². The van der Waals surface area contributed by atoms with Crippen LogP contribution in [0.5, 0.6) is 5.75 Å². The van der Waals surface area contributed by atoms with E-state index in [9.17, 15) is 9.90 Å². The van der Waals surface area contributed by atoms with Crippen LogP contribution < -0.4 is 4.74 Å². The molecule has 0 radical (unpaired) electrons. The van der Waals surface area contributed by atoms with E-state index >= 15 is 0 Å². The maximum absolute atomic E-state index is 11.0. The van der Waals surface area contributed by atoms with Crippen molar-refractivity contribution in [1.82, 2.24) is 0 Å². The number of carbonyl (C=O) groups is 1. The molecule has 1 heterocycles. The number of hydrogen-bond donors (Lipinski definition) is 2. The monoisotopic (exact) mass is 313 g/mol. The van der Waals surface area contributed by atoms with Crippen molar-refractivity contribution in [2.75, 3.05) is 0 Å². The van der Waals surface area contributed by atoms with Crippen LogP contribution in [0, 0.1) is 0 Å². The van der Waals surface area contributed by atoms with E-state index in [1.54, 1.807) is 13.0 Å². The number of para-hydroxylation sites is 1. The Morgan fingerprint density at radius 2 is 2.04 bits per heavy atom. The second-order valence-electron chi connectivity index (χ2n) is 5.07. The third-order valence-electron chi connectivity index (χ3n) is 3.28. The number of hydrogen-bond acceptors (Lipinski definition) is 4. The van der Waals surface area contributed by atoms with E-state index in [1.807, 2.05) is 43.3 Å². The summed E-state index contributed by atoms with van der Waals surface area (Å²) in [6.45, 7) is 3.71. The molecular weight excluding hydrogens is 294 g/mol. The van der Waals surface area contributed by atoms with E-state index in [0.717, 1.165) is 12.0 Å². The number of rotatable bonds is 5. The minimum atomic E-state index is -1.23. The van der Waals surface area contributed by atoms with Gasteiger partial charge in [-0.3, -0.25) is 0 Å². The molecule has 2 N–H and O–H groups in total. The Morgan fingerprint density at radius 1 is 1.35 bits per heavy atom. The number of aliphatic imine (C=N–C) groups is 1. The van der Waals surface area contributed by atoms with Gasteiger partial charge in [0.25, 0.3) is 0 Å². The van der Waals surface area contributed by atoms with Crippen LogP contribution in [0.2, 0.25) is 0 Å². The van der Waals surface area contributed by atoms with Crippen molar-refractivity contribution in [3.63, 3.8) is 0 Å². The number of aliphatic hydroxyl groups is 1. The van der Waals surface area contributed by atoms with Gasteiger partial charge in [-0.05, 0) is 43.2 Å². The highest BCUT2D eigenvalue weighted by atomic mass is 16.5. The van der Waals surface area contributed by atoms with Gasteiger partial charge in [-0.2, -0.15) is 0 Å². The summed E-state index contributed by atoms with van der Waals surface area (Å²) in [4.78, 5) is 15.0. The summed E-state index contributed by atoms with van der Waals surface area (Å²) in [5.41, 5.74) is 0.978. The van der Waals surface area contributed by atoms with Crippen molar-refractivity contribution in [3.05, 3.63) is 65.3 Å². The zero-order chi connectivity index (χ0) is 16.8. The quantitative estimate of drug-likeness (QED) is 0.805. The molecular formula is C18H19NO4. The first-order valence-corrected chi connectivity index (χ1v) is 7.36. The van der Waals surface area contributed by atoms with Gasteiger partial charge in [0.15, 0.2) is 5.70 Å². The number of allylic oxidation sites excluding steroid dienone is 3. The summed E-state index contributed by atoms with van der Waals surface area (Å²) in [5.74, 6) is -0.133. The molecule has 1 aromatic carbocycles. The van der Waals surface area contributed by atoms with Gasteiger partial charge in [0.2, 0.25) is 0 Å². The predicted molar refractivity (Wildman–Crippen MR) is 88.5 cm³/mol. The molecule has 2 rings (SSSR count). The molecule has 0 saturated carbocycles. The lowest BCUT2D eigenvalue weighted by Crippen LogP contribution is -2.13. The van der Waals surface area contributed by atoms with Gasteiger partial charge in [0.05, 0.1) is 0 Å². The molecule has 0 fully saturated rings. The molecule has 1 aliphatic heterocycles. The second kappa shape index (κ2) is 7.45. The van der Waals surface area contributed by atoms with Crippen LogP contribution >= 0.6 is 0 Å². The zero-order valence-corrected chi connectivity index (χ0v) is 13.1. The maximum atomic E-state index is 11.0. The topological polar surface area (TPSA) is 79.1 Å². The summed E-state index contributed by atoms with van der Waals surface area (Å²) < 4.78 is 5.83. The smallest absolute Gasteiger partial charge is 0.358 e. The molecule has 120 valence electrons. The van der Waals surface area contributed by atoms with Gasteiger partial charge in [-0.15, -0.1) is 0 Å². The Hall–Kier alpha value is -2.82. The average Bonchev–Trinajstić information content (AvgIpc) is 2.51. The van der Waals surface area contributed by atoms with Gasteiger partial charge in [0, 0.05) is 12.1 Å². The Bertz CT molecular complexity index is 712. The Balaban J connectivity index is 2.26. The summed E-state index contributed by atoms with van der Waals surface area (Å²) in [7, 11) is 0. The largest absolute Gasteiger partial charge is 0.509 e. The first-order chi connectivity index (χ1) is 11.0. The highest BCUT2D eigenvalue weighted by Crippen LogP contribution is 2.24. The first-order valence-electron chi connectivity index (χ1n) is 7.36. The SMILES string of the molecule is CC/C=C(\C=C1/CC(O)=C(C(=O)O)N=C1C)Oc1ccccc1. The Morgan fingerprint density at radius 3 is 2.65 bits per heavy atom. The number of carboxylic acids is 1. The molecule has 0 saturated heterocycles. The summed E-state index contributed by atoms with van der Waals surface area (Å²) in [6.07, 6.45) is 4.60. The number of ether oxygens (including phenoxy) is 1. The Kier molecular flexibility index (Phi) is 5.36. The van der Waals surface area contributed by atoms with Crippen molar-refractivity contribution < 1.29 is 19.7 Å². The van der Waals surface area contributed by atoms with Gasteiger partial charge >= 0.3 is 5.97 Å². The van der Waals surface area contributed by atoms with Crippen molar-refractivity contribution in [2.24, 2.45) is 4.99 Å². The molecule has 0 unspecified atom stereocenters. The van der Waals surface area contributed by atoms with Crippen LogP contribution in [0.4, 0.5) is 0 Å². The molecule has 23 heavy (non-hydrogen) atoms. The first kappa shape index (κ1) is 16.5. The lowest BCUT2D eigenvalue weighted by Gasteiger charge is -2.15. The minimum absolute atomic E-state index is 0.121. The van der Waals surface area contributed by atoms with Gasteiger partial charge in [-0.1, -0.05) is 25.1 Å². The maximum Gasteiger partial charge on any atom is 0.358 e. The van der Waals surface area contributed by atoms with E-state index < -0.39 is 5.97 Å². The molecule has 0 spiro atoms. The molecule has 0 aliphatic carbocycles. The number of nitrogens with zero attached hydrogens (tertiary/aromatic N) is 1. The third-order valence-corrected chi connectivity index (χ3v) is 3.28. The van der Waals surface area contributed by atoms with Crippen LogP contribution in [0.1, 0.15) is 26.7 Å². The lowest BCUT2D eigenvalue weighted by molar-refractivity contribution is -0.132. The molecule has 0 bridgehead atoms. The van der Waals surface area contributed by atoms with Gasteiger partial charge in [0.1, 0.15) is 17.3 Å². The van der Waals surface area contributed by atoms with Crippen molar-refractivity contribution in [3.8, 4) is 5.75 Å². The highest BCUT2D eigenvalue weighted by Gasteiger charge is 2.21. The molecule has 0 aromatic heterocycles. The summed E-state index contributed by atoms with van der Waals surface area (Å²) in [6, 6.07) is 9.37. The van der Waals surface area contributed by atoms with E-state index in [2.05, 4.69) is 4.99 Å². The van der Waals surface area contributed by atoms with E-state index in [4.69, 9.17) is 9.84 Å². The lowest BCUT2D eigenvalue weighted by atomic mass is 10.0. The summed E-state index contributed by atoms with van der Waals surface area (Å²) >= 11 is 0. The fraction of sp³-hybridized carbons (Fsp3) is 0.222. The second-order valence-corrected chi connectivity index (χ2v) is 5.07. The predicted octanol–water partition coefficient (Wildman–Crippen LogP) is 4.00. The van der Waals surface area contributed by atoms with Gasteiger partial charge < -0.3 is 14.9 Å². The van der Waals surface area contributed by atoms with E-state index in [1.165, 1.54) is 0 Å². The molecule has 5 nitrogen and oxygen atoms in total. The van der Waals surface area contributed by atoms with Crippen LogP contribution in [0.25, 0.3) is 0 Å². The van der Waals surface area contributed by atoms with E-state index in [0.29, 0.717) is 17.2 Å². The van der Waals surface area contributed by atoms with Gasteiger partial charge in [-0.25, -0.2) is 9.79 Å². The van der Waals surface area contributed by atoms with E-state index in [-0.39, 0.29) is 17.9 Å². The molecule has 0 atom stereocenters. The Labute approximate surface area is 134 Å². The number of aliphatic hydroxyl groups excluding tert-OH is 1. The highest BCUT2D eigenvalue weighted by molar-refractivity contribution is 6.04. The third kappa shape index (κ3) is 4.32. The van der Waals surface area contributed by atoms with Crippen LogP contribution in [0.3, 0.4) is 0 Å².